The maximum absolute atomic E-state index is 12.3. The number of benzene rings is 1. The van der Waals surface area contributed by atoms with E-state index in [4.69, 9.17) is 5.11 Å². The molecule has 0 fully saturated rings. The Bertz CT molecular complexity index is 370. The molecule has 0 bridgehead atoms. The molecule has 5 nitrogen and oxygen atoms in total. The van der Waals surface area contributed by atoms with Gasteiger partial charge < -0.3 is 10.0 Å². The summed E-state index contributed by atoms with van der Waals surface area (Å²) in [6.07, 6.45) is -2.53. The second-order valence-corrected chi connectivity index (χ2v) is 3.33. The lowest BCUT2D eigenvalue weighted by atomic mass is 10.2. The monoisotopic (exact) mass is 246 g/mol. The van der Waals surface area contributed by atoms with Gasteiger partial charge in [0.2, 0.25) is 0 Å². The van der Waals surface area contributed by atoms with Gasteiger partial charge in [0.05, 0.1) is 18.1 Å². The van der Waals surface area contributed by atoms with Crippen molar-refractivity contribution in [3.63, 3.8) is 0 Å². The lowest BCUT2D eigenvalue weighted by Gasteiger charge is -2.23. The first-order valence-corrected chi connectivity index (χ1v) is 4.93. The van der Waals surface area contributed by atoms with E-state index in [0.717, 1.165) is 0 Å². The van der Waals surface area contributed by atoms with Crippen LogP contribution in [0.2, 0.25) is 0 Å². The van der Waals surface area contributed by atoms with E-state index >= 15 is 0 Å². The molecule has 1 rings (SSSR count). The Kier molecular flexibility index (Phi) is 4.77. The van der Waals surface area contributed by atoms with E-state index in [0.29, 0.717) is 5.69 Å². The van der Waals surface area contributed by atoms with Crippen molar-refractivity contribution < 1.29 is 18.8 Å². The highest BCUT2D eigenvalue weighted by molar-refractivity contribution is 5.50. The Labute approximate surface area is 96.4 Å². The third kappa shape index (κ3) is 3.95. The summed E-state index contributed by atoms with van der Waals surface area (Å²) in [5, 5.41) is 19.2. The highest BCUT2D eigenvalue weighted by Crippen LogP contribution is 2.19. The fraction of sp³-hybridized carbons (Fsp3) is 0.400. The fourth-order valence-corrected chi connectivity index (χ4v) is 1.40. The maximum Gasteiger partial charge on any atom is 0.269 e. The molecule has 0 spiro atoms. The molecule has 1 N–H and O–H groups in total. The highest BCUT2D eigenvalue weighted by atomic mass is 19.3. The first kappa shape index (κ1) is 13.3. The summed E-state index contributed by atoms with van der Waals surface area (Å²) in [5.41, 5.74) is 0.319. The number of nitro benzene ring substituents is 1. The fourth-order valence-electron chi connectivity index (χ4n) is 1.40. The van der Waals surface area contributed by atoms with Crippen molar-refractivity contribution in [3.05, 3.63) is 34.4 Å². The number of hydrogen-bond donors (Lipinski definition) is 1. The normalized spacial score (nSPS) is 10.6. The van der Waals surface area contributed by atoms with Gasteiger partial charge in [-0.05, 0) is 12.1 Å². The Morgan fingerprint density at radius 2 is 1.94 bits per heavy atom. The molecule has 0 unspecified atom stereocenters. The predicted octanol–water partition coefficient (Wildman–Crippen LogP) is 1.66. The summed E-state index contributed by atoms with van der Waals surface area (Å²) < 4.78 is 24.5. The first-order valence-electron chi connectivity index (χ1n) is 4.93. The minimum atomic E-state index is -2.53. The van der Waals surface area contributed by atoms with Crippen molar-refractivity contribution in [2.45, 2.75) is 6.43 Å². The molecule has 1 aromatic carbocycles. The SMILES string of the molecule is O=[N+]([O-])c1ccc(N(CCO)CC(F)F)cc1. The summed E-state index contributed by atoms with van der Waals surface area (Å²) in [5.74, 6) is 0. The van der Waals surface area contributed by atoms with Crippen molar-refractivity contribution in [1.82, 2.24) is 0 Å². The number of nitro groups is 1. The van der Waals surface area contributed by atoms with Crippen LogP contribution in [0.1, 0.15) is 0 Å². The number of alkyl halides is 2. The van der Waals surface area contributed by atoms with E-state index in [1.54, 1.807) is 0 Å². The van der Waals surface area contributed by atoms with E-state index in [9.17, 15) is 18.9 Å². The van der Waals surface area contributed by atoms with Crippen LogP contribution in [-0.4, -0.2) is 36.2 Å². The van der Waals surface area contributed by atoms with Gasteiger partial charge in [-0.1, -0.05) is 0 Å². The second-order valence-electron chi connectivity index (χ2n) is 3.33. The number of aliphatic hydroxyl groups is 1. The van der Waals surface area contributed by atoms with E-state index < -0.39 is 17.9 Å². The molecule has 94 valence electrons. The third-order valence-corrected chi connectivity index (χ3v) is 2.15. The first-order chi connectivity index (χ1) is 8.04. The van der Waals surface area contributed by atoms with Gasteiger partial charge in [-0.15, -0.1) is 0 Å². The Morgan fingerprint density at radius 1 is 1.35 bits per heavy atom. The van der Waals surface area contributed by atoms with E-state index in [1.165, 1.54) is 29.2 Å². The van der Waals surface area contributed by atoms with Crippen LogP contribution >= 0.6 is 0 Å². The zero-order valence-corrected chi connectivity index (χ0v) is 8.92. The molecule has 7 heteroatoms. The summed E-state index contributed by atoms with van der Waals surface area (Å²) in [6, 6.07) is 5.25. The smallest absolute Gasteiger partial charge is 0.269 e. The van der Waals surface area contributed by atoms with Crippen LogP contribution in [0.25, 0.3) is 0 Å². The topological polar surface area (TPSA) is 66.6 Å². The van der Waals surface area contributed by atoms with Crippen molar-refractivity contribution in [2.24, 2.45) is 0 Å². The molecular weight excluding hydrogens is 234 g/mol. The molecule has 0 saturated heterocycles. The standard InChI is InChI=1S/C10H12F2N2O3/c11-10(12)7-13(5-6-15)8-1-3-9(4-2-8)14(16)17/h1-4,10,15H,5-7H2. The van der Waals surface area contributed by atoms with Crippen molar-refractivity contribution in [2.75, 3.05) is 24.6 Å². The molecule has 0 aromatic heterocycles. The number of non-ortho nitro benzene ring substituents is 1. The lowest BCUT2D eigenvalue weighted by molar-refractivity contribution is -0.384. The van der Waals surface area contributed by atoms with Gasteiger partial charge in [-0.2, -0.15) is 0 Å². The summed E-state index contributed by atoms with van der Waals surface area (Å²) >= 11 is 0. The average molecular weight is 246 g/mol. The lowest BCUT2D eigenvalue weighted by Crippen LogP contribution is -2.31. The quantitative estimate of drug-likeness (QED) is 0.612. The number of rotatable bonds is 6. The molecule has 0 aliphatic rings. The highest BCUT2D eigenvalue weighted by Gasteiger charge is 2.13. The van der Waals surface area contributed by atoms with Crippen molar-refractivity contribution >= 4 is 11.4 Å². The molecule has 0 aliphatic heterocycles. The molecular formula is C10H12F2N2O3. The number of anilines is 1. The van der Waals surface area contributed by atoms with Gasteiger partial charge in [0.25, 0.3) is 12.1 Å². The van der Waals surface area contributed by atoms with Gasteiger partial charge in [-0.3, -0.25) is 10.1 Å². The van der Waals surface area contributed by atoms with Gasteiger partial charge >= 0.3 is 0 Å². The second kappa shape index (κ2) is 6.09. The summed E-state index contributed by atoms with van der Waals surface area (Å²) in [6.45, 7) is -0.718. The average Bonchev–Trinajstić information content (AvgIpc) is 2.28. The van der Waals surface area contributed by atoms with Crippen LogP contribution in [0, 0.1) is 10.1 Å². The van der Waals surface area contributed by atoms with Crippen molar-refractivity contribution in [1.29, 1.82) is 0 Å². The van der Waals surface area contributed by atoms with E-state index in [2.05, 4.69) is 0 Å². The minimum absolute atomic E-state index is 0.0577. The molecule has 0 saturated carbocycles. The number of halogens is 2. The zero-order chi connectivity index (χ0) is 12.8. The molecule has 0 amide bonds. The minimum Gasteiger partial charge on any atom is -0.395 e. The van der Waals surface area contributed by atoms with E-state index in [-0.39, 0.29) is 18.8 Å². The third-order valence-electron chi connectivity index (χ3n) is 2.15. The van der Waals surface area contributed by atoms with Crippen LogP contribution in [0.5, 0.6) is 0 Å². The van der Waals surface area contributed by atoms with Gasteiger partial charge in [0, 0.05) is 24.4 Å². The van der Waals surface area contributed by atoms with Crippen LogP contribution < -0.4 is 4.90 Å². The molecule has 1 aromatic rings. The largest absolute Gasteiger partial charge is 0.395 e. The zero-order valence-electron chi connectivity index (χ0n) is 8.92. The molecule has 0 radical (unpaired) electrons. The molecule has 17 heavy (non-hydrogen) atoms. The van der Waals surface area contributed by atoms with Crippen LogP contribution in [0.15, 0.2) is 24.3 Å². The van der Waals surface area contributed by atoms with Crippen LogP contribution in [-0.2, 0) is 0 Å². The Balaban J connectivity index is 2.83. The summed E-state index contributed by atoms with van der Waals surface area (Å²) in [7, 11) is 0. The van der Waals surface area contributed by atoms with Gasteiger partial charge in [0.1, 0.15) is 0 Å². The van der Waals surface area contributed by atoms with E-state index in [1.807, 2.05) is 0 Å². The van der Waals surface area contributed by atoms with Crippen LogP contribution in [0.3, 0.4) is 0 Å². The number of aliphatic hydroxyl groups excluding tert-OH is 1. The predicted molar refractivity (Wildman–Crippen MR) is 58.4 cm³/mol. The van der Waals surface area contributed by atoms with Crippen LogP contribution in [0.4, 0.5) is 20.2 Å². The van der Waals surface area contributed by atoms with Gasteiger partial charge in [-0.25, -0.2) is 8.78 Å². The molecule has 0 atom stereocenters. The molecule has 0 heterocycles. The Morgan fingerprint density at radius 3 is 2.35 bits per heavy atom. The molecule has 0 aliphatic carbocycles. The number of hydrogen-bond acceptors (Lipinski definition) is 4. The number of nitrogens with zero attached hydrogens (tertiary/aromatic N) is 2. The van der Waals surface area contributed by atoms with Crippen molar-refractivity contribution in [3.8, 4) is 0 Å². The summed E-state index contributed by atoms with van der Waals surface area (Å²) in [4.78, 5) is 11.1. The maximum atomic E-state index is 12.3. The Hall–Kier alpha value is -1.76. The van der Waals surface area contributed by atoms with Gasteiger partial charge in [0.15, 0.2) is 0 Å².